The maximum Gasteiger partial charge on any atom is 0.137 e. The van der Waals surface area contributed by atoms with E-state index in [1.165, 1.54) is 28.6 Å². The van der Waals surface area contributed by atoms with E-state index in [0.29, 0.717) is 5.92 Å². The molecule has 2 atom stereocenters. The first kappa shape index (κ1) is 10.4. The van der Waals surface area contributed by atoms with Gasteiger partial charge in [-0.2, -0.15) is 0 Å². The summed E-state index contributed by atoms with van der Waals surface area (Å²) in [6, 6.07) is 14.8. The Bertz CT molecular complexity index is 842. The van der Waals surface area contributed by atoms with Gasteiger partial charge in [-0.3, -0.25) is 4.57 Å². The number of fused-ring (bicyclic) bond motifs is 5. The zero-order valence-electron chi connectivity index (χ0n) is 11.0. The smallest absolute Gasteiger partial charge is 0.137 e. The number of hydrogen-bond acceptors (Lipinski definition) is 1. The van der Waals surface area contributed by atoms with Gasteiger partial charge in [0.1, 0.15) is 5.82 Å². The third kappa shape index (κ3) is 1.26. The van der Waals surface area contributed by atoms with Gasteiger partial charge in [0.05, 0.1) is 5.52 Å². The van der Waals surface area contributed by atoms with E-state index in [1.54, 1.807) is 0 Å². The molecule has 2 aromatic heterocycles. The van der Waals surface area contributed by atoms with Gasteiger partial charge < -0.3 is 0 Å². The van der Waals surface area contributed by atoms with Crippen LogP contribution in [0.1, 0.15) is 23.6 Å². The molecular weight excluding hydrogens is 244 g/mol. The second kappa shape index (κ2) is 3.60. The number of para-hydroxylation sites is 1. The van der Waals surface area contributed by atoms with Crippen LogP contribution in [0.3, 0.4) is 0 Å². The van der Waals surface area contributed by atoms with Crippen molar-refractivity contribution < 1.29 is 0 Å². The maximum atomic E-state index is 4.57. The molecule has 0 radical (unpaired) electrons. The SMILES string of the molecule is C1=CC2CC2c2c1c1ccccc1n2-c1ccccn1. The minimum atomic E-state index is 0.685. The first-order chi connectivity index (χ1) is 9.93. The van der Waals surface area contributed by atoms with E-state index in [1.807, 2.05) is 12.3 Å². The molecule has 0 amide bonds. The number of rotatable bonds is 1. The lowest BCUT2D eigenvalue weighted by Crippen LogP contribution is -2.03. The van der Waals surface area contributed by atoms with Crippen LogP contribution in [0, 0.1) is 5.92 Å². The Morgan fingerprint density at radius 3 is 2.85 bits per heavy atom. The van der Waals surface area contributed by atoms with E-state index in [2.05, 4.69) is 58.1 Å². The predicted molar refractivity (Wildman–Crippen MR) is 81.0 cm³/mol. The summed E-state index contributed by atoms with van der Waals surface area (Å²) in [6.45, 7) is 0. The molecule has 0 N–H and O–H groups in total. The van der Waals surface area contributed by atoms with E-state index in [0.717, 1.165) is 11.7 Å². The Labute approximate surface area is 117 Å². The van der Waals surface area contributed by atoms with Gasteiger partial charge in [0.15, 0.2) is 0 Å². The molecule has 2 unspecified atom stereocenters. The lowest BCUT2D eigenvalue weighted by atomic mass is 10.0. The van der Waals surface area contributed by atoms with Crippen LogP contribution in [0.25, 0.3) is 22.8 Å². The number of pyridine rings is 1. The molecule has 5 rings (SSSR count). The van der Waals surface area contributed by atoms with Crippen molar-refractivity contribution in [1.29, 1.82) is 0 Å². The third-order valence-corrected chi connectivity index (χ3v) is 4.53. The summed E-state index contributed by atoms with van der Waals surface area (Å²) in [5.41, 5.74) is 4.12. The summed E-state index contributed by atoms with van der Waals surface area (Å²) in [6.07, 6.45) is 7.85. The van der Waals surface area contributed by atoms with Gasteiger partial charge in [0.2, 0.25) is 0 Å². The van der Waals surface area contributed by atoms with Crippen LogP contribution in [0.5, 0.6) is 0 Å². The van der Waals surface area contributed by atoms with Crippen molar-refractivity contribution in [2.24, 2.45) is 5.92 Å². The van der Waals surface area contributed by atoms with Crippen molar-refractivity contribution in [2.45, 2.75) is 12.3 Å². The lowest BCUT2D eigenvalue weighted by Gasteiger charge is -2.12. The fourth-order valence-electron chi connectivity index (χ4n) is 3.52. The second-order valence-corrected chi connectivity index (χ2v) is 5.70. The number of nitrogens with zero attached hydrogens (tertiary/aromatic N) is 2. The number of benzene rings is 1. The van der Waals surface area contributed by atoms with Crippen LogP contribution in [0.4, 0.5) is 0 Å². The Balaban J connectivity index is 1.93. The minimum Gasteiger partial charge on any atom is -0.297 e. The molecule has 1 aromatic carbocycles. The highest BCUT2D eigenvalue weighted by Gasteiger charge is 2.43. The van der Waals surface area contributed by atoms with Crippen molar-refractivity contribution in [3.8, 4) is 5.82 Å². The average molecular weight is 258 g/mol. The van der Waals surface area contributed by atoms with Crippen molar-refractivity contribution in [3.05, 3.63) is 66.0 Å². The highest BCUT2D eigenvalue weighted by atomic mass is 15.1. The van der Waals surface area contributed by atoms with Gasteiger partial charge in [-0.1, -0.05) is 36.4 Å². The van der Waals surface area contributed by atoms with Gasteiger partial charge in [0.25, 0.3) is 0 Å². The first-order valence-electron chi connectivity index (χ1n) is 7.16. The summed E-state index contributed by atoms with van der Waals surface area (Å²) in [5.74, 6) is 2.46. The normalized spacial score (nSPS) is 22.6. The fourth-order valence-corrected chi connectivity index (χ4v) is 3.52. The van der Waals surface area contributed by atoms with E-state index in [4.69, 9.17) is 0 Å². The molecule has 2 aliphatic rings. The average Bonchev–Trinajstić information content (AvgIpc) is 3.23. The van der Waals surface area contributed by atoms with Crippen LogP contribution >= 0.6 is 0 Å². The van der Waals surface area contributed by atoms with Crippen molar-refractivity contribution >= 4 is 17.0 Å². The summed E-state index contributed by atoms with van der Waals surface area (Å²) in [7, 11) is 0. The minimum absolute atomic E-state index is 0.685. The summed E-state index contributed by atoms with van der Waals surface area (Å²) in [5, 5.41) is 1.34. The zero-order valence-corrected chi connectivity index (χ0v) is 11.0. The largest absolute Gasteiger partial charge is 0.297 e. The van der Waals surface area contributed by atoms with Crippen LogP contribution in [0.2, 0.25) is 0 Å². The van der Waals surface area contributed by atoms with Crippen molar-refractivity contribution in [1.82, 2.24) is 9.55 Å². The summed E-state index contributed by atoms with van der Waals surface area (Å²) in [4.78, 5) is 4.57. The van der Waals surface area contributed by atoms with Gasteiger partial charge in [0, 0.05) is 28.8 Å². The Morgan fingerprint density at radius 2 is 1.95 bits per heavy atom. The second-order valence-electron chi connectivity index (χ2n) is 5.70. The van der Waals surface area contributed by atoms with E-state index < -0.39 is 0 Å². The van der Waals surface area contributed by atoms with Crippen molar-refractivity contribution in [3.63, 3.8) is 0 Å². The Kier molecular flexibility index (Phi) is 1.88. The maximum absolute atomic E-state index is 4.57. The molecule has 2 heterocycles. The van der Waals surface area contributed by atoms with Gasteiger partial charge in [-0.25, -0.2) is 4.98 Å². The Morgan fingerprint density at radius 1 is 1.05 bits per heavy atom. The van der Waals surface area contributed by atoms with Crippen LogP contribution in [-0.2, 0) is 0 Å². The zero-order chi connectivity index (χ0) is 13.1. The summed E-state index contributed by atoms with van der Waals surface area (Å²) < 4.78 is 2.36. The van der Waals surface area contributed by atoms with Crippen molar-refractivity contribution in [2.75, 3.05) is 0 Å². The highest BCUT2D eigenvalue weighted by Crippen LogP contribution is 2.55. The number of hydrogen-bond donors (Lipinski definition) is 0. The molecular formula is C18H14N2. The Hall–Kier alpha value is -2.35. The highest BCUT2D eigenvalue weighted by molar-refractivity contribution is 5.94. The first-order valence-corrected chi connectivity index (χ1v) is 7.16. The van der Waals surface area contributed by atoms with E-state index in [9.17, 15) is 0 Å². The molecule has 3 aromatic rings. The molecule has 2 nitrogen and oxygen atoms in total. The fraction of sp³-hybridized carbons (Fsp3) is 0.167. The monoisotopic (exact) mass is 258 g/mol. The van der Waals surface area contributed by atoms with Crippen LogP contribution in [0.15, 0.2) is 54.7 Å². The van der Waals surface area contributed by atoms with Crippen LogP contribution < -0.4 is 0 Å². The molecule has 0 spiro atoms. The van der Waals surface area contributed by atoms with Gasteiger partial charge in [-0.15, -0.1) is 0 Å². The molecule has 0 bridgehead atoms. The molecule has 0 aliphatic heterocycles. The molecule has 2 aliphatic carbocycles. The summed E-state index contributed by atoms with van der Waals surface area (Å²) >= 11 is 0. The van der Waals surface area contributed by atoms with Gasteiger partial charge >= 0.3 is 0 Å². The molecule has 96 valence electrons. The molecule has 1 fully saturated rings. The molecule has 2 heteroatoms. The van der Waals surface area contributed by atoms with E-state index in [-0.39, 0.29) is 0 Å². The molecule has 1 saturated carbocycles. The quantitative estimate of drug-likeness (QED) is 0.641. The van der Waals surface area contributed by atoms with Crippen LogP contribution in [-0.4, -0.2) is 9.55 Å². The van der Waals surface area contributed by atoms with Gasteiger partial charge in [-0.05, 0) is 30.5 Å². The number of allylic oxidation sites excluding steroid dienone is 1. The molecule has 0 saturated heterocycles. The lowest BCUT2D eigenvalue weighted by molar-refractivity contribution is 0.877. The standard InChI is InChI=1S/C18H14N2/c1-2-6-16-13(5-1)14-9-8-12-11-15(12)18(14)20(16)17-7-3-4-10-19-17/h1-10,12,15H,11H2. The third-order valence-electron chi connectivity index (χ3n) is 4.53. The topological polar surface area (TPSA) is 17.8 Å². The van der Waals surface area contributed by atoms with E-state index >= 15 is 0 Å². The molecule has 20 heavy (non-hydrogen) atoms. The number of aromatic nitrogens is 2. The predicted octanol–water partition coefficient (Wildman–Crippen LogP) is 4.16.